The SMILES string of the molecule is CC(C(=O)Nc1cnc(Oc2ccc(F)cc2F)cn1)C1CNCC(c2cc[n+]([O-])cc2)C1(F)F. The Balaban J connectivity index is 1.42. The number of alkyl halides is 2. The van der Waals surface area contributed by atoms with Gasteiger partial charge in [-0.3, -0.25) is 4.79 Å². The second-order valence-electron chi connectivity index (χ2n) is 8.18. The van der Waals surface area contributed by atoms with Gasteiger partial charge < -0.3 is 20.6 Å². The smallest absolute Gasteiger partial charge is 0.260 e. The van der Waals surface area contributed by atoms with Crippen LogP contribution in [0.4, 0.5) is 23.4 Å². The van der Waals surface area contributed by atoms with Crippen LogP contribution in [0.25, 0.3) is 0 Å². The van der Waals surface area contributed by atoms with E-state index in [1.54, 1.807) is 0 Å². The van der Waals surface area contributed by atoms with Gasteiger partial charge in [0, 0.05) is 43.1 Å². The molecule has 35 heavy (non-hydrogen) atoms. The quantitative estimate of drug-likeness (QED) is 0.311. The van der Waals surface area contributed by atoms with E-state index in [-0.39, 0.29) is 30.5 Å². The predicted molar refractivity (Wildman–Crippen MR) is 116 cm³/mol. The summed E-state index contributed by atoms with van der Waals surface area (Å²) in [6.07, 6.45) is 4.54. The minimum absolute atomic E-state index is 0.00228. The topological polar surface area (TPSA) is 103 Å². The number of nitrogens with zero attached hydrogens (tertiary/aromatic N) is 3. The first-order chi connectivity index (χ1) is 16.6. The molecule has 12 heteroatoms. The Morgan fingerprint density at radius 3 is 2.60 bits per heavy atom. The Hall–Kier alpha value is -3.80. The van der Waals surface area contributed by atoms with Crippen LogP contribution in [0.15, 0.2) is 55.1 Å². The second kappa shape index (κ2) is 9.82. The van der Waals surface area contributed by atoms with Gasteiger partial charge in [0.05, 0.1) is 18.3 Å². The van der Waals surface area contributed by atoms with E-state index in [2.05, 4.69) is 20.6 Å². The lowest BCUT2D eigenvalue weighted by Crippen LogP contribution is -2.54. The molecule has 0 spiro atoms. The molecule has 1 aromatic carbocycles. The third-order valence-electron chi connectivity index (χ3n) is 5.91. The standard InChI is InChI=1S/C23H21F4N5O3/c1-13(16-9-28-10-17(23(16,26)27)14-4-6-32(34)7-5-14)22(33)31-20-11-30-21(12-29-20)35-19-3-2-15(24)8-18(19)25/h2-8,11-13,16-17,28H,9-10H2,1H3,(H,29,31,33). The fraction of sp³-hybridized carbons (Fsp3) is 0.304. The Kier molecular flexibility index (Phi) is 6.83. The number of hydrogen-bond acceptors (Lipinski definition) is 6. The summed E-state index contributed by atoms with van der Waals surface area (Å²) in [7, 11) is 0. The molecule has 0 radical (unpaired) electrons. The van der Waals surface area contributed by atoms with E-state index in [0.717, 1.165) is 36.9 Å². The molecule has 3 unspecified atom stereocenters. The molecule has 0 bridgehead atoms. The number of hydrogen-bond donors (Lipinski definition) is 2. The summed E-state index contributed by atoms with van der Waals surface area (Å²) in [6, 6.07) is 5.44. The van der Waals surface area contributed by atoms with Crippen molar-refractivity contribution in [3.63, 3.8) is 0 Å². The fourth-order valence-corrected chi connectivity index (χ4v) is 3.95. The molecule has 8 nitrogen and oxygen atoms in total. The number of anilines is 1. The van der Waals surface area contributed by atoms with Crippen molar-refractivity contribution >= 4 is 11.7 Å². The van der Waals surface area contributed by atoms with Crippen LogP contribution in [-0.4, -0.2) is 34.9 Å². The Labute approximate surface area is 197 Å². The lowest BCUT2D eigenvalue weighted by Gasteiger charge is -2.40. The van der Waals surface area contributed by atoms with Crippen molar-refractivity contribution in [1.82, 2.24) is 15.3 Å². The Morgan fingerprint density at radius 1 is 1.20 bits per heavy atom. The zero-order valence-corrected chi connectivity index (χ0v) is 18.4. The molecule has 3 aromatic rings. The largest absolute Gasteiger partial charge is 0.619 e. The summed E-state index contributed by atoms with van der Waals surface area (Å²) in [5, 5.41) is 16.7. The number of aromatic nitrogens is 3. The van der Waals surface area contributed by atoms with Crippen molar-refractivity contribution in [3.8, 4) is 11.6 Å². The molecule has 2 N–H and O–H groups in total. The van der Waals surface area contributed by atoms with E-state index in [1.165, 1.54) is 19.1 Å². The zero-order chi connectivity index (χ0) is 25.2. The molecular weight excluding hydrogens is 470 g/mol. The Bertz CT molecular complexity index is 1190. The van der Waals surface area contributed by atoms with Crippen molar-refractivity contribution in [2.24, 2.45) is 11.8 Å². The van der Waals surface area contributed by atoms with Crippen LogP contribution in [0, 0.1) is 28.7 Å². The van der Waals surface area contributed by atoms with Crippen LogP contribution >= 0.6 is 0 Å². The van der Waals surface area contributed by atoms with Gasteiger partial charge in [-0.25, -0.2) is 27.5 Å². The number of nitrogens with one attached hydrogen (secondary N) is 2. The van der Waals surface area contributed by atoms with Gasteiger partial charge in [-0.15, -0.1) is 0 Å². The maximum absolute atomic E-state index is 15.4. The highest BCUT2D eigenvalue weighted by Crippen LogP contribution is 2.44. The highest BCUT2D eigenvalue weighted by atomic mass is 19.3. The number of rotatable bonds is 6. The molecule has 3 atom stereocenters. The minimum Gasteiger partial charge on any atom is -0.619 e. The van der Waals surface area contributed by atoms with Crippen molar-refractivity contribution in [1.29, 1.82) is 0 Å². The van der Waals surface area contributed by atoms with E-state index < -0.39 is 41.2 Å². The number of piperidine rings is 1. The van der Waals surface area contributed by atoms with Crippen LogP contribution in [0.5, 0.6) is 11.6 Å². The molecule has 1 aliphatic rings. The van der Waals surface area contributed by atoms with Gasteiger partial charge in [0.2, 0.25) is 11.8 Å². The highest BCUT2D eigenvalue weighted by molar-refractivity contribution is 5.91. The van der Waals surface area contributed by atoms with Crippen LogP contribution in [-0.2, 0) is 4.79 Å². The summed E-state index contributed by atoms with van der Waals surface area (Å²) in [6.45, 7) is 1.33. The first-order valence-electron chi connectivity index (χ1n) is 10.7. The molecule has 1 fully saturated rings. The second-order valence-corrected chi connectivity index (χ2v) is 8.18. The summed E-state index contributed by atoms with van der Waals surface area (Å²) in [4.78, 5) is 20.6. The molecule has 1 aliphatic heterocycles. The van der Waals surface area contributed by atoms with E-state index in [9.17, 15) is 18.8 Å². The average molecular weight is 491 g/mol. The summed E-state index contributed by atoms with van der Waals surface area (Å²) >= 11 is 0. The first kappa shape index (κ1) is 24.3. The number of carbonyl (C=O) groups excluding carboxylic acids is 1. The molecule has 2 aromatic heterocycles. The number of halogens is 4. The van der Waals surface area contributed by atoms with E-state index in [4.69, 9.17) is 4.74 Å². The number of amides is 1. The number of benzene rings is 1. The van der Waals surface area contributed by atoms with Gasteiger partial charge in [-0.1, -0.05) is 6.92 Å². The van der Waals surface area contributed by atoms with Gasteiger partial charge in [0.15, 0.2) is 29.8 Å². The van der Waals surface area contributed by atoms with Gasteiger partial charge >= 0.3 is 0 Å². The average Bonchev–Trinajstić information content (AvgIpc) is 2.82. The molecular formula is C23H21F4N5O3. The first-order valence-corrected chi connectivity index (χ1v) is 10.7. The van der Waals surface area contributed by atoms with Crippen LogP contribution in [0.1, 0.15) is 18.4 Å². The molecule has 3 heterocycles. The number of pyridine rings is 1. The predicted octanol–water partition coefficient (Wildman–Crippen LogP) is 3.39. The molecule has 0 aliphatic carbocycles. The van der Waals surface area contributed by atoms with Crippen LogP contribution < -0.4 is 20.1 Å². The Morgan fingerprint density at radius 2 is 1.94 bits per heavy atom. The monoisotopic (exact) mass is 491 g/mol. The van der Waals surface area contributed by atoms with Gasteiger partial charge in [-0.2, -0.15) is 4.73 Å². The van der Waals surface area contributed by atoms with Crippen molar-refractivity contribution in [3.05, 3.63) is 77.5 Å². The normalized spacial score (nSPS) is 20.1. The van der Waals surface area contributed by atoms with Crippen molar-refractivity contribution in [2.45, 2.75) is 18.8 Å². The third-order valence-corrected chi connectivity index (χ3v) is 5.91. The fourth-order valence-electron chi connectivity index (χ4n) is 3.95. The highest BCUT2D eigenvalue weighted by Gasteiger charge is 2.53. The minimum atomic E-state index is -3.22. The summed E-state index contributed by atoms with van der Waals surface area (Å²) in [5.74, 6) is -9.63. The molecule has 1 amide bonds. The number of carbonyl (C=O) groups is 1. The molecule has 1 saturated heterocycles. The van der Waals surface area contributed by atoms with Crippen molar-refractivity contribution in [2.75, 3.05) is 18.4 Å². The van der Waals surface area contributed by atoms with E-state index in [1.807, 2.05) is 0 Å². The maximum atomic E-state index is 15.4. The maximum Gasteiger partial charge on any atom is 0.260 e. The van der Waals surface area contributed by atoms with Gasteiger partial charge in [0.25, 0.3) is 5.92 Å². The van der Waals surface area contributed by atoms with Gasteiger partial charge in [0.1, 0.15) is 5.82 Å². The van der Waals surface area contributed by atoms with Crippen LogP contribution in [0.2, 0.25) is 0 Å². The number of ether oxygens (including phenoxy) is 1. The van der Waals surface area contributed by atoms with Crippen molar-refractivity contribution < 1.29 is 31.8 Å². The summed E-state index contributed by atoms with van der Waals surface area (Å²) in [5.41, 5.74) is 0.297. The van der Waals surface area contributed by atoms with Gasteiger partial charge in [-0.05, 0) is 17.7 Å². The zero-order valence-electron chi connectivity index (χ0n) is 18.4. The van der Waals surface area contributed by atoms with E-state index >= 15 is 8.78 Å². The van der Waals surface area contributed by atoms with E-state index in [0.29, 0.717) is 16.4 Å². The lowest BCUT2D eigenvalue weighted by atomic mass is 9.76. The van der Waals surface area contributed by atoms with Crippen LogP contribution in [0.3, 0.4) is 0 Å². The summed E-state index contributed by atoms with van der Waals surface area (Å²) < 4.78 is 63.2. The molecule has 0 saturated carbocycles. The third kappa shape index (κ3) is 5.32. The molecule has 184 valence electrons. The molecule has 4 rings (SSSR count). The lowest BCUT2D eigenvalue weighted by molar-refractivity contribution is -0.605.